The minimum atomic E-state index is -1.20. The van der Waals surface area contributed by atoms with E-state index >= 15 is 0 Å². The van der Waals surface area contributed by atoms with Crippen LogP contribution in [0.4, 0.5) is 9.18 Å². The lowest BCUT2D eigenvalue weighted by Gasteiger charge is -2.24. The number of fused-ring (bicyclic) bond motifs is 1. The van der Waals surface area contributed by atoms with Crippen LogP contribution in [0.15, 0.2) is 66.7 Å². The maximum absolute atomic E-state index is 13.4. The summed E-state index contributed by atoms with van der Waals surface area (Å²) in [6.45, 7) is 2.98. The molecule has 5 N–H and O–H groups in total. The first kappa shape index (κ1) is 33.0. The summed E-state index contributed by atoms with van der Waals surface area (Å²) in [5.41, 5.74) is 0.769. The zero-order valence-corrected chi connectivity index (χ0v) is 24.6. The Bertz CT molecular complexity index is 1410. The van der Waals surface area contributed by atoms with E-state index in [-0.39, 0.29) is 43.9 Å². The number of halogens is 1. The van der Waals surface area contributed by atoms with Crippen molar-refractivity contribution >= 4 is 34.6 Å². The van der Waals surface area contributed by atoms with E-state index in [0.717, 1.165) is 21.9 Å². The largest absolute Gasteiger partial charge is 0.465 e. The number of benzene rings is 3. The van der Waals surface area contributed by atoms with Crippen LogP contribution in [0.1, 0.15) is 25.0 Å². The minimum Gasteiger partial charge on any atom is -0.465 e. The van der Waals surface area contributed by atoms with Gasteiger partial charge in [-0.25, -0.2) is 9.18 Å². The Balaban J connectivity index is 1.67. The molecule has 4 amide bonds. The Morgan fingerprint density at radius 3 is 2.12 bits per heavy atom. The fraction of sp³-hybridized carbons (Fsp3) is 0.375. The Labute approximate surface area is 250 Å². The predicted octanol–water partition coefficient (Wildman–Crippen LogP) is 3.04. The van der Waals surface area contributed by atoms with E-state index in [1.807, 2.05) is 42.5 Å². The normalized spacial score (nSPS) is 12.7. The number of carboxylic acid groups (broad SMARTS) is 1. The maximum atomic E-state index is 13.4. The minimum absolute atomic E-state index is 0.0141. The van der Waals surface area contributed by atoms with Gasteiger partial charge in [-0.15, -0.1) is 0 Å². The van der Waals surface area contributed by atoms with Crippen LogP contribution in [-0.4, -0.2) is 67.8 Å². The summed E-state index contributed by atoms with van der Waals surface area (Å²) < 4.78 is 18.7. The molecule has 0 aromatic heterocycles. The van der Waals surface area contributed by atoms with E-state index in [1.165, 1.54) is 19.2 Å². The highest BCUT2D eigenvalue weighted by molar-refractivity contribution is 5.85. The van der Waals surface area contributed by atoms with Crippen LogP contribution in [0.25, 0.3) is 10.8 Å². The predicted molar refractivity (Wildman–Crippen MR) is 161 cm³/mol. The molecule has 0 aliphatic rings. The van der Waals surface area contributed by atoms with Crippen molar-refractivity contribution < 1.29 is 33.4 Å². The van der Waals surface area contributed by atoms with E-state index in [4.69, 9.17) is 9.84 Å². The number of hydrogen-bond donors (Lipinski definition) is 5. The molecule has 10 nitrogen and oxygen atoms in total. The standard InChI is InChI=1S/C32H39FN4O6/c1-32(2,37-31(41)42)20-43-19-28(38)35-17-26(16-22-8-11-23-6-4-5-7-24(23)15-22)30(40)36-18-25(29(39)34-3)14-21-9-12-27(33)13-10-21/h4-13,15,25-26,37H,14,16-20H2,1-3H3,(H,34,39)(H,35,38)(H,36,40)(H,41,42)/t25-,26-/m1/s1. The summed E-state index contributed by atoms with van der Waals surface area (Å²) in [6, 6.07) is 19.6. The molecule has 0 unspecified atom stereocenters. The molecule has 0 saturated carbocycles. The number of carbonyl (C=O) groups excluding carboxylic acids is 3. The van der Waals surface area contributed by atoms with E-state index in [9.17, 15) is 23.6 Å². The molecule has 11 heteroatoms. The van der Waals surface area contributed by atoms with Crippen molar-refractivity contribution in [1.29, 1.82) is 0 Å². The van der Waals surface area contributed by atoms with Crippen LogP contribution < -0.4 is 21.3 Å². The van der Waals surface area contributed by atoms with Gasteiger partial charge in [0.1, 0.15) is 12.4 Å². The second-order valence-electron chi connectivity index (χ2n) is 11.1. The molecular weight excluding hydrogens is 555 g/mol. The molecule has 0 fully saturated rings. The lowest BCUT2D eigenvalue weighted by Crippen LogP contribution is -2.47. The molecule has 0 saturated heterocycles. The number of carbonyl (C=O) groups is 4. The Kier molecular flexibility index (Phi) is 12.0. The molecule has 3 rings (SSSR count). The van der Waals surface area contributed by atoms with Crippen LogP contribution in [0.5, 0.6) is 0 Å². The van der Waals surface area contributed by atoms with Gasteiger partial charge in [-0.05, 0) is 60.7 Å². The van der Waals surface area contributed by atoms with Gasteiger partial charge in [-0.3, -0.25) is 14.4 Å². The first-order valence-corrected chi connectivity index (χ1v) is 14.0. The highest BCUT2D eigenvalue weighted by Gasteiger charge is 2.25. The molecule has 0 aliphatic heterocycles. The summed E-state index contributed by atoms with van der Waals surface area (Å²) in [5.74, 6) is -2.69. The molecule has 3 aromatic rings. The molecule has 43 heavy (non-hydrogen) atoms. The zero-order chi connectivity index (χ0) is 31.4. The molecule has 0 bridgehead atoms. The zero-order valence-electron chi connectivity index (χ0n) is 24.6. The van der Waals surface area contributed by atoms with Gasteiger partial charge >= 0.3 is 6.09 Å². The third-order valence-electron chi connectivity index (χ3n) is 6.89. The van der Waals surface area contributed by atoms with E-state index < -0.39 is 29.4 Å². The SMILES string of the molecule is CNC(=O)[C@@H](CNC(=O)[C@@H](CNC(=O)COCC(C)(C)NC(=O)O)Cc1ccc2ccccc2c1)Cc1ccc(F)cc1. The van der Waals surface area contributed by atoms with Gasteiger partial charge in [0.05, 0.1) is 24.0 Å². The van der Waals surface area contributed by atoms with Gasteiger partial charge in [0, 0.05) is 20.1 Å². The van der Waals surface area contributed by atoms with Gasteiger partial charge in [0.15, 0.2) is 0 Å². The Morgan fingerprint density at radius 2 is 1.44 bits per heavy atom. The summed E-state index contributed by atoms with van der Waals surface area (Å²) in [5, 5.41) is 21.5. The lowest BCUT2D eigenvalue weighted by molar-refractivity contribution is -0.128. The average Bonchev–Trinajstić information content (AvgIpc) is 2.96. The highest BCUT2D eigenvalue weighted by atomic mass is 19.1. The van der Waals surface area contributed by atoms with Crippen LogP contribution >= 0.6 is 0 Å². The van der Waals surface area contributed by atoms with Gasteiger partial charge in [0.2, 0.25) is 17.7 Å². The first-order valence-electron chi connectivity index (χ1n) is 14.0. The number of nitrogens with one attached hydrogen (secondary N) is 4. The fourth-order valence-electron chi connectivity index (χ4n) is 4.66. The maximum Gasteiger partial charge on any atom is 0.405 e. The number of amides is 4. The van der Waals surface area contributed by atoms with E-state index in [0.29, 0.717) is 12.8 Å². The smallest absolute Gasteiger partial charge is 0.405 e. The van der Waals surface area contributed by atoms with Crippen LogP contribution in [-0.2, 0) is 32.0 Å². The van der Waals surface area contributed by atoms with Crippen LogP contribution in [0.2, 0.25) is 0 Å². The first-order chi connectivity index (χ1) is 20.5. The molecule has 3 aromatic carbocycles. The molecule has 230 valence electrons. The lowest BCUT2D eigenvalue weighted by atomic mass is 9.95. The molecule has 2 atom stereocenters. The number of ether oxygens (including phenoxy) is 1. The average molecular weight is 595 g/mol. The second kappa shape index (κ2) is 15.6. The van der Waals surface area contributed by atoms with Gasteiger partial charge in [-0.1, -0.05) is 54.6 Å². The third-order valence-corrected chi connectivity index (χ3v) is 6.89. The van der Waals surface area contributed by atoms with Gasteiger partial charge < -0.3 is 31.1 Å². The summed E-state index contributed by atoms with van der Waals surface area (Å²) >= 11 is 0. The molecular formula is C32H39FN4O6. The van der Waals surface area contributed by atoms with Crippen molar-refractivity contribution in [2.24, 2.45) is 11.8 Å². The van der Waals surface area contributed by atoms with Crippen molar-refractivity contribution in [3.05, 3.63) is 83.7 Å². The van der Waals surface area contributed by atoms with Crippen molar-refractivity contribution in [3.8, 4) is 0 Å². The molecule has 0 aliphatic carbocycles. The number of rotatable bonds is 15. The van der Waals surface area contributed by atoms with Gasteiger partial charge in [0.25, 0.3) is 0 Å². The van der Waals surface area contributed by atoms with Crippen molar-refractivity contribution in [2.45, 2.75) is 32.2 Å². The molecule has 0 heterocycles. The third kappa shape index (κ3) is 11.0. The molecule has 0 radical (unpaired) electrons. The van der Waals surface area contributed by atoms with Crippen molar-refractivity contribution in [1.82, 2.24) is 21.3 Å². The van der Waals surface area contributed by atoms with Gasteiger partial charge in [-0.2, -0.15) is 0 Å². The Hall–Kier alpha value is -4.51. The van der Waals surface area contributed by atoms with E-state index in [2.05, 4.69) is 21.3 Å². The summed E-state index contributed by atoms with van der Waals surface area (Å²) in [4.78, 5) is 49.5. The van der Waals surface area contributed by atoms with Crippen molar-refractivity contribution in [3.63, 3.8) is 0 Å². The second-order valence-corrected chi connectivity index (χ2v) is 11.1. The summed E-state index contributed by atoms with van der Waals surface area (Å²) in [6.07, 6.45) is -0.566. The molecule has 0 spiro atoms. The Morgan fingerprint density at radius 1 is 0.837 bits per heavy atom. The quantitative estimate of drug-likeness (QED) is 0.183. The van der Waals surface area contributed by atoms with E-state index in [1.54, 1.807) is 26.0 Å². The fourth-order valence-corrected chi connectivity index (χ4v) is 4.66. The monoisotopic (exact) mass is 594 g/mol. The van der Waals surface area contributed by atoms with Crippen LogP contribution in [0.3, 0.4) is 0 Å². The summed E-state index contributed by atoms with van der Waals surface area (Å²) in [7, 11) is 1.51. The van der Waals surface area contributed by atoms with Crippen LogP contribution in [0, 0.1) is 17.7 Å². The highest BCUT2D eigenvalue weighted by Crippen LogP contribution is 2.19. The van der Waals surface area contributed by atoms with Crippen molar-refractivity contribution in [2.75, 3.05) is 33.4 Å². The number of hydrogen-bond acceptors (Lipinski definition) is 5. The topological polar surface area (TPSA) is 146 Å².